The molecule has 0 bridgehead atoms. The smallest absolute Gasteiger partial charge is 0.0259 e. The molecule has 0 amide bonds. The van der Waals surface area contributed by atoms with Gasteiger partial charge in [-0.3, -0.25) is 0 Å². The van der Waals surface area contributed by atoms with Crippen molar-refractivity contribution in [2.24, 2.45) is 23.2 Å². The standard InChI is InChI=1S/C28H36/c1-27-19-11-10-18-25(27)20-26(21-27)28(24-16-8-9-17-24,22-12-4-2-5-13-22)23-14-6-3-7-15-23/h2-7,12-15,24-26H,8-11,16-21H2,1H3. The Bertz CT molecular complexity index is 731. The minimum atomic E-state index is 0.208. The number of benzene rings is 2. The summed E-state index contributed by atoms with van der Waals surface area (Å²) in [5.41, 5.74) is 3.98. The lowest BCUT2D eigenvalue weighted by atomic mass is 9.57. The largest absolute Gasteiger partial charge is 0.0622 e. The van der Waals surface area contributed by atoms with Crippen molar-refractivity contribution in [3.05, 3.63) is 71.8 Å². The van der Waals surface area contributed by atoms with Crippen molar-refractivity contribution < 1.29 is 0 Å². The summed E-state index contributed by atoms with van der Waals surface area (Å²) < 4.78 is 0. The molecular weight excluding hydrogens is 336 g/mol. The number of fused-ring (bicyclic) bond motifs is 1. The molecule has 2 aromatic rings. The molecule has 3 atom stereocenters. The van der Waals surface area contributed by atoms with Crippen LogP contribution >= 0.6 is 0 Å². The lowest BCUT2D eigenvalue weighted by molar-refractivity contribution is 0.147. The molecular formula is C28H36. The molecule has 0 spiro atoms. The Morgan fingerprint density at radius 3 is 1.86 bits per heavy atom. The molecule has 3 fully saturated rings. The van der Waals surface area contributed by atoms with E-state index in [2.05, 4.69) is 67.6 Å². The van der Waals surface area contributed by atoms with Crippen LogP contribution in [0.15, 0.2) is 60.7 Å². The summed E-state index contributed by atoms with van der Waals surface area (Å²) >= 11 is 0. The summed E-state index contributed by atoms with van der Waals surface area (Å²) in [7, 11) is 0. The Labute approximate surface area is 171 Å². The average Bonchev–Trinajstić information content (AvgIpc) is 3.38. The molecule has 0 radical (unpaired) electrons. The summed E-state index contributed by atoms with van der Waals surface area (Å²) in [6.07, 6.45) is 14.3. The van der Waals surface area contributed by atoms with Crippen molar-refractivity contribution in [1.29, 1.82) is 0 Å². The van der Waals surface area contributed by atoms with E-state index in [-0.39, 0.29) is 5.41 Å². The van der Waals surface area contributed by atoms with E-state index in [4.69, 9.17) is 0 Å². The zero-order valence-corrected chi connectivity index (χ0v) is 17.6. The third-order valence-electron chi connectivity index (χ3n) is 8.96. The van der Waals surface area contributed by atoms with Crippen molar-refractivity contribution in [2.75, 3.05) is 0 Å². The summed E-state index contributed by atoms with van der Waals surface area (Å²) in [5, 5.41) is 0. The number of hydrogen-bond donors (Lipinski definition) is 0. The van der Waals surface area contributed by atoms with Gasteiger partial charge < -0.3 is 0 Å². The SMILES string of the molecule is CC12CCCCC1CC(C(c1ccccc1)(c1ccccc1)C1CCCC1)C2. The third kappa shape index (κ3) is 2.87. The number of rotatable bonds is 4. The van der Waals surface area contributed by atoms with E-state index in [1.807, 2.05) is 0 Å². The van der Waals surface area contributed by atoms with Crippen LogP contribution in [0.3, 0.4) is 0 Å². The van der Waals surface area contributed by atoms with E-state index in [0.717, 1.165) is 17.8 Å². The van der Waals surface area contributed by atoms with Crippen LogP contribution in [-0.4, -0.2) is 0 Å². The fourth-order valence-electron chi connectivity index (χ4n) is 7.73. The molecule has 3 aliphatic rings. The Morgan fingerprint density at radius 1 is 0.714 bits per heavy atom. The maximum Gasteiger partial charge on any atom is 0.0259 e. The second-order valence-electron chi connectivity index (χ2n) is 10.3. The molecule has 3 saturated carbocycles. The molecule has 5 rings (SSSR count). The van der Waals surface area contributed by atoms with Gasteiger partial charge in [0.1, 0.15) is 0 Å². The maximum atomic E-state index is 2.63. The zero-order valence-electron chi connectivity index (χ0n) is 17.6. The van der Waals surface area contributed by atoms with E-state index in [9.17, 15) is 0 Å². The van der Waals surface area contributed by atoms with Gasteiger partial charge in [-0.1, -0.05) is 93.3 Å². The van der Waals surface area contributed by atoms with E-state index in [0.29, 0.717) is 5.41 Å². The van der Waals surface area contributed by atoms with Crippen molar-refractivity contribution in [1.82, 2.24) is 0 Å². The summed E-state index contributed by atoms with van der Waals surface area (Å²) in [6.45, 7) is 2.63. The molecule has 3 aliphatic carbocycles. The Kier molecular flexibility index (Phi) is 4.85. The molecule has 0 nitrogen and oxygen atoms in total. The predicted octanol–water partition coefficient (Wildman–Crippen LogP) is 7.77. The van der Waals surface area contributed by atoms with Gasteiger partial charge in [0.05, 0.1) is 0 Å². The summed E-state index contributed by atoms with van der Waals surface area (Å²) in [5.74, 6) is 2.53. The van der Waals surface area contributed by atoms with E-state index >= 15 is 0 Å². The topological polar surface area (TPSA) is 0 Å². The van der Waals surface area contributed by atoms with Crippen LogP contribution < -0.4 is 0 Å². The van der Waals surface area contributed by atoms with Gasteiger partial charge in [0.25, 0.3) is 0 Å². The normalized spacial score (nSPS) is 31.0. The van der Waals surface area contributed by atoms with Gasteiger partial charge in [-0.05, 0) is 72.8 Å². The van der Waals surface area contributed by atoms with Crippen molar-refractivity contribution in [3.63, 3.8) is 0 Å². The molecule has 148 valence electrons. The minimum absolute atomic E-state index is 0.208. The van der Waals surface area contributed by atoms with E-state index in [1.165, 1.54) is 64.2 Å². The van der Waals surface area contributed by atoms with Crippen molar-refractivity contribution >= 4 is 0 Å². The van der Waals surface area contributed by atoms with Gasteiger partial charge in [-0.15, -0.1) is 0 Å². The molecule has 0 heterocycles. The fourth-order valence-corrected chi connectivity index (χ4v) is 7.73. The minimum Gasteiger partial charge on any atom is -0.0622 e. The van der Waals surface area contributed by atoms with E-state index in [1.54, 1.807) is 11.1 Å². The summed E-state index contributed by atoms with van der Waals surface area (Å²) in [6, 6.07) is 23.3. The second kappa shape index (κ2) is 7.36. The first kappa shape index (κ1) is 18.5. The lowest BCUT2D eigenvalue weighted by Crippen LogP contribution is -2.42. The first-order valence-electron chi connectivity index (χ1n) is 11.8. The first-order chi connectivity index (χ1) is 13.7. The van der Waals surface area contributed by atoms with Crippen molar-refractivity contribution in [2.45, 2.75) is 76.5 Å². The molecule has 0 heteroatoms. The molecule has 2 aromatic carbocycles. The van der Waals surface area contributed by atoms with Crippen LogP contribution in [-0.2, 0) is 5.41 Å². The molecule has 0 N–H and O–H groups in total. The first-order valence-corrected chi connectivity index (χ1v) is 11.8. The highest BCUT2D eigenvalue weighted by molar-refractivity contribution is 5.42. The van der Waals surface area contributed by atoms with Gasteiger partial charge in [0.2, 0.25) is 0 Å². The Balaban J connectivity index is 1.68. The Hall–Kier alpha value is -1.56. The van der Waals surface area contributed by atoms with E-state index < -0.39 is 0 Å². The molecule has 28 heavy (non-hydrogen) atoms. The quantitative estimate of drug-likeness (QED) is 0.514. The fraction of sp³-hybridized carbons (Fsp3) is 0.571. The van der Waals surface area contributed by atoms with Crippen LogP contribution in [0.1, 0.15) is 82.3 Å². The Morgan fingerprint density at radius 2 is 1.29 bits per heavy atom. The number of hydrogen-bond acceptors (Lipinski definition) is 0. The molecule has 0 aliphatic heterocycles. The van der Waals surface area contributed by atoms with Gasteiger partial charge >= 0.3 is 0 Å². The highest BCUT2D eigenvalue weighted by atomic mass is 14.6. The van der Waals surface area contributed by atoms with Gasteiger partial charge in [-0.25, -0.2) is 0 Å². The van der Waals surface area contributed by atoms with Gasteiger partial charge in [0.15, 0.2) is 0 Å². The van der Waals surface area contributed by atoms with Crippen LogP contribution in [0, 0.1) is 23.2 Å². The monoisotopic (exact) mass is 372 g/mol. The third-order valence-corrected chi connectivity index (χ3v) is 8.96. The lowest BCUT2D eigenvalue weighted by Gasteiger charge is -2.46. The second-order valence-corrected chi connectivity index (χ2v) is 10.3. The summed E-state index contributed by atoms with van der Waals surface area (Å²) in [4.78, 5) is 0. The molecule has 0 aromatic heterocycles. The van der Waals surface area contributed by atoms with Crippen LogP contribution in [0.2, 0.25) is 0 Å². The highest BCUT2D eigenvalue weighted by Crippen LogP contribution is 2.63. The van der Waals surface area contributed by atoms with Crippen molar-refractivity contribution in [3.8, 4) is 0 Å². The molecule has 3 unspecified atom stereocenters. The molecule has 0 saturated heterocycles. The zero-order chi connectivity index (χ0) is 19.0. The van der Waals surface area contributed by atoms with Crippen LogP contribution in [0.25, 0.3) is 0 Å². The predicted molar refractivity (Wildman–Crippen MR) is 118 cm³/mol. The van der Waals surface area contributed by atoms with Crippen LogP contribution in [0.4, 0.5) is 0 Å². The van der Waals surface area contributed by atoms with Gasteiger partial charge in [0, 0.05) is 5.41 Å². The highest BCUT2D eigenvalue weighted by Gasteiger charge is 2.56. The maximum absolute atomic E-state index is 2.63. The van der Waals surface area contributed by atoms with Gasteiger partial charge in [-0.2, -0.15) is 0 Å². The van der Waals surface area contributed by atoms with Crippen LogP contribution in [0.5, 0.6) is 0 Å². The average molecular weight is 373 g/mol.